The maximum Gasteiger partial charge on any atom is 0.549 e. The summed E-state index contributed by atoms with van der Waals surface area (Å²) in [5.74, 6) is 0. The van der Waals surface area contributed by atoms with E-state index in [2.05, 4.69) is 0 Å². The van der Waals surface area contributed by atoms with Crippen LogP contribution in [0.5, 0.6) is 0 Å². The molecule has 0 spiro atoms. The molecular weight excluding hydrogens is 119 g/mol. The smallest absolute Gasteiger partial charge is 0.274 e. The van der Waals surface area contributed by atoms with Crippen molar-refractivity contribution in [3.63, 3.8) is 0 Å². The zero-order chi connectivity index (χ0) is 2.71. The van der Waals surface area contributed by atoms with Crippen LogP contribution in [0.25, 0.3) is 0 Å². The van der Waals surface area contributed by atoms with E-state index in [0.29, 0.717) is 0 Å². The molecule has 0 aromatic heterocycles. The summed E-state index contributed by atoms with van der Waals surface area (Å²) in [6.45, 7) is 0. The molecule has 0 heterocycles. The van der Waals surface area contributed by atoms with Crippen molar-refractivity contribution >= 4 is 9.29 Å². The Balaban J connectivity index is 0. The van der Waals surface area contributed by atoms with Crippen molar-refractivity contribution in [2.75, 3.05) is 0 Å². The van der Waals surface area contributed by atoms with Crippen molar-refractivity contribution in [1.29, 1.82) is 0 Å². The fraction of sp³-hybridized carbons (Fsp3) is 0. The molecular formula is CoO2Si. The minimum atomic E-state index is -1.42. The monoisotopic (exact) mass is 119 g/mol. The third kappa shape index (κ3) is 38.9. The molecule has 0 saturated heterocycles. The van der Waals surface area contributed by atoms with Crippen LogP contribution in [0.15, 0.2) is 0 Å². The number of rotatable bonds is 0. The molecule has 0 aromatic rings. The van der Waals surface area contributed by atoms with Crippen LogP contribution in [0.1, 0.15) is 0 Å². The van der Waals surface area contributed by atoms with Gasteiger partial charge in [-0.2, -0.15) is 0 Å². The Morgan fingerprint density at radius 1 is 1.25 bits per heavy atom. The molecule has 0 fully saturated rings. The number of hydrogen-bond acceptors (Lipinski definition) is 2. The van der Waals surface area contributed by atoms with Gasteiger partial charge in [0, 0.05) is 16.8 Å². The second-order valence-corrected chi connectivity index (χ2v) is 0.250. The van der Waals surface area contributed by atoms with E-state index >= 15 is 0 Å². The van der Waals surface area contributed by atoms with Gasteiger partial charge in [0.2, 0.25) is 0 Å². The predicted octanol–water partition coefficient (Wildman–Crippen LogP) is -0.621. The molecule has 0 aliphatic carbocycles. The van der Waals surface area contributed by atoms with Gasteiger partial charge in [-0.25, -0.2) is 0 Å². The second kappa shape index (κ2) is 10.2. The van der Waals surface area contributed by atoms with Gasteiger partial charge < -0.3 is 0 Å². The van der Waals surface area contributed by atoms with E-state index in [9.17, 15) is 0 Å². The standard InChI is InChI=1S/Co.O2Si/c;1-3-2. The zero-order valence-electron chi connectivity index (χ0n) is 1.65. The topological polar surface area (TPSA) is 34.1 Å². The summed E-state index contributed by atoms with van der Waals surface area (Å²) >= 11 is 0. The third-order valence-corrected chi connectivity index (χ3v) is 0. The van der Waals surface area contributed by atoms with E-state index < -0.39 is 9.29 Å². The molecule has 0 N–H and O–H groups in total. The zero-order valence-corrected chi connectivity index (χ0v) is 3.69. The normalized spacial score (nSPS) is 2.00. The minimum Gasteiger partial charge on any atom is -0.274 e. The number of hydrogen-bond donors (Lipinski definition) is 0. The van der Waals surface area contributed by atoms with Gasteiger partial charge in [-0.15, -0.1) is 0 Å². The van der Waals surface area contributed by atoms with Gasteiger partial charge in [-0.3, -0.25) is 8.92 Å². The Bertz CT molecular complexity index is 27.0. The summed E-state index contributed by atoms with van der Waals surface area (Å²) in [6.07, 6.45) is 0. The first-order valence-corrected chi connectivity index (χ1v) is 1.22. The van der Waals surface area contributed by atoms with Gasteiger partial charge in [-0.05, 0) is 0 Å². The van der Waals surface area contributed by atoms with Crippen molar-refractivity contribution < 1.29 is 25.7 Å². The largest absolute Gasteiger partial charge is 0.549 e. The molecule has 0 aliphatic rings. The Morgan fingerprint density at radius 2 is 1.25 bits per heavy atom. The fourth-order valence-electron chi connectivity index (χ4n) is 0. The molecule has 0 aromatic carbocycles. The summed E-state index contributed by atoms with van der Waals surface area (Å²) in [5.41, 5.74) is 0. The Morgan fingerprint density at radius 3 is 1.25 bits per heavy atom. The summed E-state index contributed by atoms with van der Waals surface area (Å²) < 4.78 is 16.8. The van der Waals surface area contributed by atoms with Crippen molar-refractivity contribution in [3.05, 3.63) is 0 Å². The van der Waals surface area contributed by atoms with Crippen molar-refractivity contribution in [2.24, 2.45) is 0 Å². The summed E-state index contributed by atoms with van der Waals surface area (Å²) in [4.78, 5) is 0. The van der Waals surface area contributed by atoms with Crippen LogP contribution in [-0.4, -0.2) is 9.29 Å². The summed E-state index contributed by atoms with van der Waals surface area (Å²) in [7, 11) is -1.42. The van der Waals surface area contributed by atoms with E-state index in [1.54, 1.807) is 0 Å². The van der Waals surface area contributed by atoms with Gasteiger partial charge >= 0.3 is 9.29 Å². The molecule has 0 amide bonds. The predicted molar refractivity (Wildman–Crippen MR) is 7.13 cm³/mol. The van der Waals surface area contributed by atoms with E-state index in [0.717, 1.165) is 0 Å². The third-order valence-electron chi connectivity index (χ3n) is 0. The molecule has 0 bridgehead atoms. The van der Waals surface area contributed by atoms with Crippen LogP contribution >= 0.6 is 0 Å². The first-order chi connectivity index (χ1) is 1.41. The average Bonchev–Trinajstić information content (AvgIpc) is 0.918. The van der Waals surface area contributed by atoms with Crippen LogP contribution in [-0.2, 0) is 25.7 Å². The minimum absolute atomic E-state index is 0. The van der Waals surface area contributed by atoms with Crippen LogP contribution in [0.4, 0.5) is 0 Å². The molecule has 4 heteroatoms. The fourth-order valence-corrected chi connectivity index (χ4v) is 0. The quantitative estimate of drug-likeness (QED) is 0.398. The van der Waals surface area contributed by atoms with Gasteiger partial charge in [0.05, 0.1) is 0 Å². The van der Waals surface area contributed by atoms with Crippen LogP contribution in [0, 0.1) is 0 Å². The molecule has 25 valence electrons. The summed E-state index contributed by atoms with van der Waals surface area (Å²) in [6, 6.07) is 0. The Kier molecular flexibility index (Phi) is 22.7. The summed E-state index contributed by atoms with van der Waals surface area (Å²) in [5, 5.41) is 0. The molecule has 0 rings (SSSR count). The molecule has 0 unspecified atom stereocenters. The first-order valence-electron chi connectivity index (χ1n) is 0.408. The molecule has 2 nitrogen and oxygen atoms in total. The van der Waals surface area contributed by atoms with Crippen LogP contribution in [0.2, 0.25) is 0 Å². The maximum absolute atomic E-state index is 8.40. The molecule has 4 heavy (non-hydrogen) atoms. The van der Waals surface area contributed by atoms with Gasteiger partial charge in [-0.1, -0.05) is 0 Å². The Labute approximate surface area is 35.7 Å². The molecule has 0 atom stereocenters. The Hall–Kier alpha value is 0.323. The van der Waals surface area contributed by atoms with E-state index in [4.69, 9.17) is 8.92 Å². The van der Waals surface area contributed by atoms with Gasteiger partial charge in [0.1, 0.15) is 0 Å². The van der Waals surface area contributed by atoms with Gasteiger partial charge in [0.25, 0.3) is 0 Å². The van der Waals surface area contributed by atoms with E-state index in [1.807, 2.05) is 0 Å². The van der Waals surface area contributed by atoms with Crippen molar-refractivity contribution in [3.8, 4) is 0 Å². The second-order valence-electron chi connectivity index (χ2n) is 0.0833. The molecule has 0 aliphatic heterocycles. The maximum atomic E-state index is 8.40. The van der Waals surface area contributed by atoms with Gasteiger partial charge in [0.15, 0.2) is 0 Å². The SMILES string of the molecule is O=[Si]=O.[Co]. The average molecular weight is 119 g/mol. The first kappa shape index (κ1) is 8.85. The van der Waals surface area contributed by atoms with Crippen molar-refractivity contribution in [1.82, 2.24) is 0 Å². The van der Waals surface area contributed by atoms with Crippen molar-refractivity contribution in [2.45, 2.75) is 0 Å². The van der Waals surface area contributed by atoms with E-state index in [1.165, 1.54) is 0 Å². The molecule has 1 radical (unpaired) electrons. The van der Waals surface area contributed by atoms with Crippen LogP contribution in [0.3, 0.4) is 0 Å². The van der Waals surface area contributed by atoms with E-state index in [-0.39, 0.29) is 16.8 Å². The molecule has 0 saturated carbocycles. The van der Waals surface area contributed by atoms with Crippen LogP contribution < -0.4 is 0 Å².